The third-order valence-corrected chi connectivity index (χ3v) is 3.82. The van der Waals surface area contributed by atoms with E-state index in [0.717, 1.165) is 19.3 Å². The molecule has 1 aliphatic rings. The normalized spacial score (nSPS) is 18.0. The molecule has 0 aromatic carbocycles. The summed E-state index contributed by atoms with van der Waals surface area (Å²) >= 11 is 0. The van der Waals surface area contributed by atoms with Gasteiger partial charge in [-0.1, -0.05) is 19.3 Å². The number of carboxylic acids is 1. The molecule has 0 bridgehead atoms. The zero-order chi connectivity index (χ0) is 14.0. The van der Waals surface area contributed by atoms with Crippen molar-refractivity contribution < 1.29 is 14.7 Å². The smallest absolute Gasteiger partial charge is 0.329 e. The van der Waals surface area contributed by atoms with Crippen LogP contribution < -0.4 is 5.32 Å². The lowest BCUT2D eigenvalue weighted by molar-refractivity contribution is -0.145. The molecule has 1 aromatic rings. The van der Waals surface area contributed by atoms with Gasteiger partial charge in [0.2, 0.25) is 0 Å². The number of aromatic nitrogens is 2. The number of carbonyl (C=O) groups is 2. The minimum Gasteiger partial charge on any atom is -0.480 e. The lowest BCUT2D eigenvalue weighted by Gasteiger charge is -2.34. The van der Waals surface area contributed by atoms with Gasteiger partial charge in [0.25, 0.3) is 5.91 Å². The highest BCUT2D eigenvalue weighted by Gasteiger charge is 2.41. The van der Waals surface area contributed by atoms with Gasteiger partial charge in [-0.3, -0.25) is 9.89 Å². The van der Waals surface area contributed by atoms with E-state index in [0.29, 0.717) is 29.8 Å². The summed E-state index contributed by atoms with van der Waals surface area (Å²) in [6, 6.07) is 0. The molecule has 0 spiro atoms. The van der Waals surface area contributed by atoms with Crippen LogP contribution in [0.2, 0.25) is 0 Å². The molecule has 1 aromatic heterocycles. The number of carbonyl (C=O) groups excluding carboxylic acids is 1. The fourth-order valence-corrected chi connectivity index (χ4v) is 2.71. The first-order valence-electron chi connectivity index (χ1n) is 6.54. The number of rotatable bonds is 3. The Morgan fingerprint density at radius 3 is 2.37 bits per heavy atom. The molecule has 1 heterocycles. The van der Waals surface area contributed by atoms with Crippen LogP contribution in [-0.2, 0) is 4.79 Å². The maximum Gasteiger partial charge on any atom is 0.329 e. The fraction of sp³-hybridized carbons (Fsp3) is 0.615. The summed E-state index contributed by atoms with van der Waals surface area (Å²) in [5.41, 5.74) is 0.578. The van der Waals surface area contributed by atoms with Gasteiger partial charge in [0, 0.05) is 5.69 Å². The molecular formula is C13H19N3O3. The van der Waals surface area contributed by atoms with E-state index >= 15 is 0 Å². The molecule has 0 saturated heterocycles. The second kappa shape index (κ2) is 5.03. The van der Waals surface area contributed by atoms with Gasteiger partial charge in [0.15, 0.2) is 0 Å². The van der Waals surface area contributed by atoms with Crippen molar-refractivity contribution in [2.24, 2.45) is 0 Å². The standard InChI is InChI=1S/C13H19N3O3/c1-8-10(9(2)16-15-8)11(17)14-13(12(18)19)6-4-3-5-7-13/h3-7H2,1-2H3,(H,14,17)(H,15,16)(H,18,19). The van der Waals surface area contributed by atoms with Crippen molar-refractivity contribution in [3.05, 3.63) is 17.0 Å². The van der Waals surface area contributed by atoms with Crippen LogP contribution in [0.25, 0.3) is 0 Å². The zero-order valence-electron chi connectivity index (χ0n) is 11.2. The van der Waals surface area contributed by atoms with E-state index in [9.17, 15) is 14.7 Å². The second-order valence-electron chi connectivity index (χ2n) is 5.21. The SMILES string of the molecule is Cc1n[nH]c(C)c1C(=O)NC1(C(=O)O)CCCCC1. The van der Waals surface area contributed by atoms with Crippen LogP contribution in [0.4, 0.5) is 0 Å². The minimum absolute atomic E-state index is 0.354. The van der Waals surface area contributed by atoms with Crippen molar-refractivity contribution in [2.45, 2.75) is 51.5 Å². The molecule has 0 atom stereocenters. The van der Waals surface area contributed by atoms with Crippen LogP contribution in [0.15, 0.2) is 0 Å². The maximum atomic E-state index is 12.3. The molecule has 2 rings (SSSR count). The average Bonchev–Trinajstić information content (AvgIpc) is 2.70. The highest BCUT2D eigenvalue weighted by Crippen LogP contribution is 2.29. The number of amides is 1. The van der Waals surface area contributed by atoms with E-state index in [1.54, 1.807) is 13.8 Å². The number of H-pyrrole nitrogens is 1. The molecule has 104 valence electrons. The Morgan fingerprint density at radius 2 is 1.89 bits per heavy atom. The Hall–Kier alpha value is -1.85. The second-order valence-corrected chi connectivity index (χ2v) is 5.21. The molecule has 1 aliphatic carbocycles. The third-order valence-electron chi connectivity index (χ3n) is 3.82. The van der Waals surface area contributed by atoms with Crippen LogP contribution in [-0.4, -0.2) is 32.7 Å². The molecule has 0 radical (unpaired) electrons. The summed E-state index contributed by atoms with van der Waals surface area (Å²) in [5.74, 6) is -1.30. The lowest BCUT2D eigenvalue weighted by Crippen LogP contribution is -2.55. The lowest BCUT2D eigenvalue weighted by atomic mass is 9.81. The van der Waals surface area contributed by atoms with Crippen LogP contribution in [0.5, 0.6) is 0 Å². The van der Waals surface area contributed by atoms with Crippen LogP contribution >= 0.6 is 0 Å². The highest BCUT2D eigenvalue weighted by atomic mass is 16.4. The van der Waals surface area contributed by atoms with Gasteiger partial charge in [-0.15, -0.1) is 0 Å². The molecule has 0 unspecified atom stereocenters. The molecule has 6 nitrogen and oxygen atoms in total. The van der Waals surface area contributed by atoms with Crippen molar-refractivity contribution in [3.63, 3.8) is 0 Å². The van der Waals surface area contributed by atoms with Crippen LogP contribution in [0.1, 0.15) is 53.8 Å². The fourth-order valence-electron chi connectivity index (χ4n) is 2.71. The molecule has 1 fully saturated rings. The molecule has 19 heavy (non-hydrogen) atoms. The summed E-state index contributed by atoms with van der Waals surface area (Å²) in [7, 11) is 0. The van der Waals surface area contributed by atoms with Crippen molar-refractivity contribution in [2.75, 3.05) is 0 Å². The highest BCUT2D eigenvalue weighted by molar-refractivity contribution is 5.99. The van der Waals surface area contributed by atoms with Gasteiger partial charge in [-0.2, -0.15) is 5.10 Å². The summed E-state index contributed by atoms with van der Waals surface area (Å²) < 4.78 is 0. The monoisotopic (exact) mass is 265 g/mol. The quantitative estimate of drug-likeness (QED) is 0.772. The molecule has 3 N–H and O–H groups in total. The van der Waals surface area contributed by atoms with Crippen molar-refractivity contribution in [1.82, 2.24) is 15.5 Å². The Bertz CT molecular complexity index is 482. The minimum atomic E-state index is -1.12. The van der Waals surface area contributed by atoms with E-state index in [-0.39, 0.29) is 5.91 Å². The third kappa shape index (κ3) is 2.47. The van der Waals surface area contributed by atoms with Crippen LogP contribution in [0.3, 0.4) is 0 Å². The summed E-state index contributed by atoms with van der Waals surface area (Å²) in [5, 5.41) is 18.9. The predicted octanol–water partition coefficient (Wildman–Crippen LogP) is 1.54. The number of hydrogen-bond acceptors (Lipinski definition) is 3. The van der Waals surface area contributed by atoms with E-state index in [2.05, 4.69) is 15.5 Å². The van der Waals surface area contributed by atoms with Crippen molar-refractivity contribution in [3.8, 4) is 0 Å². The van der Waals surface area contributed by atoms with Gasteiger partial charge < -0.3 is 10.4 Å². The predicted molar refractivity (Wildman–Crippen MR) is 69.0 cm³/mol. The Kier molecular flexibility index (Phi) is 3.59. The largest absolute Gasteiger partial charge is 0.480 e. The van der Waals surface area contributed by atoms with Gasteiger partial charge in [-0.05, 0) is 26.7 Å². The molecule has 1 saturated carbocycles. The number of carboxylic acid groups (broad SMARTS) is 1. The molecule has 1 amide bonds. The number of aliphatic carboxylic acids is 1. The summed E-state index contributed by atoms with van der Waals surface area (Å²) in [4.78, 5) is 23.8. The Balaban J connectivity index is 2.23. The first kappa shape index (κ1) is 13.6. The molecule has 6 heteroatoms. The van der Waals surface area contributed by atoms with E-state index in [4.69, 9.17) is 0 Å². The van der Waals surface area contributed by atoms with Crippen molar-refractivity contribution >= 4 is 11.9 Å². The Morgan fingerprint density at radius 1 is 1.26 bits per heavy atom. The number of aryl methyl sites for hydroxylation is 2. The van der Waals surface area contributed by atoms with Gasteiger partial charge in [-0.25, -0.2) is 4.79 Å². The number of nitrogens with zero attached hydrogens (tertiary/aromatic N) is 1. The average molecular weight is 265 g/mol. The van der Waals surface area contributed by atoms with E-state index in [1.165, 1.54) is 0 Å². The first-order valence-corrected chi connectivity index (χ1v) is 6.54. The van der Waals surface area contributed by atoms with E-state index < -0.39 is 11.5 Å². The first-order chi connectivity index (χ1) is 8.96. The maximum absolute atomic E-state index is 12.3. The molecular weight excluding hydrogens is 246 g/mol. The number of aromatic amines is 1. The Labute approximate surface area is 111 Å². The van der Waals surface area contributed by atoms with E-state index in [1.807, 2.05) is 0 Å². The van der Waals surface area contributed by atoms with Gasteiger partial charge in [0.05, 0.1) is 11.3 Å². The van der Waals surface area contributed by atoms with Crippen molar-refractivity contribution in [1.29, 1.82) is 0 Å². The topological polar surface area (TPSA) is 95.1 Å². The van der Waals surface area contributed by atoms with Gasteiger partial charge in [0.1, 0.15) is 5.54 Å². The summed E-state index contributed by atoms with van der Waals surface area (Å²) in [6.45, 7) is 3.48. The summed E-state index contributed by atoms with van der Waals surface area (Å²) in [6.07, 6.45) is 3.66. The van der Waals surface area contributed by atoms with Gasteiger partial charge >= 0.3 is 5.97 Å². The number of nitrogens with one attached hydrogen (secondary N) is 2. The number of hydrogen-bond donors (Lipinski definition) is 3. The zero-order valence-corrected chi connectivity index (χ0v) is 11.2. The van der Waals surface area contributed by atoms with Crippen LogP contribution in [0, 0.1) is 13.8 Å². The molecule has 0 aliphatic heterocycles.